The lowest BCUT2D eigenvalue weighted by molar-refractivity contribution is 0.576. The third kappa shape index (κ3) is 1.63. The molecule has 19 heavy (non-hydrogen) atoms. The van der Waals surface area contributed by atoms with Gasteiger partial charge in [-0.1, -0.05) is 0 Å². The third-order valence-electron chi connectivity index (χ3n) is 4.12. The van der Waals surface area contributed by atoms with Crippen molar-refractivity contribution in [2.45, 2.75) is 32.2 Å². The van der Waals surface area contributed by atoms with Crippen LogP contribution < -0.4 is 11.2 Å². The van der Waals surface area contributed by atoms with E-state index in [4.69, 9.17) is 5.73 Å². The third-order valence-corrected chi connectivity index (χ3v) is 4.12. The molecular formula is C15H17FN2O. The maximum Gasteiger partial charge on any atom is 0.192 e. The molecule has 3 nitrogen and oxygen atoms in total. The van der Waals surface area contributed by atoms with Crippen molar-refractivity contribution >= 4 is 10.9 Å². The molecular weight excluding hydrogens is 243 g/mol. The quantitative estimate of drug-likeness (QED) is 0.854. The average molecular weight is 260 g/mol. The van der Waals surface area contributed by atoms with Crippen molar-refractivity contribution < 1.29 is 4.39 Å². The first-order valence-electron chi connectivity index (χ1n) is 6.43. The van der Waals surface area contributed by atoms with Crippen LogP contribution in [-0.4, -0.2) is 4.57 Å². The van der Waals surface area contributed by atoms with Crippen LogP contribution in [0.5, 0.6) is 0 Å². The molecule has 100 valence electrons. The Morgan fingerprint density at radius 1 is 1.37 bits per heavy atom. The normalized spacial score (nSPS) is 16.9. The number of hydrogen-bond acceptors (Lipinski definition) is 2. The summed E-state index contributed by atoms with van der Waals surface area (Å²) in [5, 5.41) is 0.436. The van der Waals surface area contributed by atoms with Gasteiger partial charge in [0.2, 0.25) is 0 Å². The predicted octanol–water partition coefficient (Wildman–Crippen LogP) is 2.24. The van der Waals surface area contributed by atoms with E-state index in [1.165, 1.54) is 6.07 Å². The number of nitrogens with zero attached hydrogens (tertiary/aromatic N) is 1. The van der Waals surface area contributed by atoms with Crippen molar-refractivity contribution in [1.29, 1.82) is 0 Å². The highest BCUT2D eigenvalue weighted by molar-refractivity contribution is 5.84. The molecule has 1 heterocycles. The van der Waals surface area contributed by atoms with Crippen molar-refractivity contribution in [3.63, 3.8) is 0 Å². The second-order valence-electron chi connectivity index (χ2n) is 5.66. The van der Waals surface area contributed by atoms with Gasteiger partial charge in [0.05, 0.1) is 5.52 Å². The Labute approximate surface area is 110 Å². The van der Waals surface area contributed by atoms with Crippen LogP contribution in [0.2, 0.25) is 0 Å². The highest BCUT2D eigenvalue weighted by Gasteiger charge is 2.43. The monoisotopic (exact) mass is 260 g/mol. The van der Waals surface area contributed by atoms with Crippen molar-refractivity contribution in [2.75, 3.05) is 0 Å². The number of benzene rings is 1. The van der Waals surface area contributed by atoms with E-state index in [0.29, 0.717) is 16.5 Å². The largest absolute Gasteiger partial charge is 0.350 e. The molecule has 0 saturated heterocycles. The van der Waals surface area contributed by atoms with Gasteiger partial charge in [0.25, 0.3) is 0 Å². The number of rotatable bonds is 1. The summed E-state index contributed by atoms with van der Waals surface area (Å²) in [7, 11) is 1.87. The number of aromatic nitrogens is 1. The molecule has 0 radical (unpaired) electrons. The van der Waals surface area contributed by atoms with Crippen LogP contribution in [0.25, 0.3) is 10.9 Å². The van der Waals surface area contributed by atoms with Crippen LogP contribution in [-0.2, 0) is 12.6 Å². The van der Waals surface area contributed by atoms with E-state index in [0.717, 1.165) is 23.9 Å². The van der Waals surface area contributed by atoms with Gasteiger partial charge in [-0.15, -0.1) is 0 Å². The molecule has 2 aromatic rings. The lowest BCUT2D eigenvalue weighted by Gasteiger charge is -2.18. The fourth-order valence-electron chi connectivity index (χ4n) is 3.02. The summed E-state index contributed by atoms with van der Waals surface area (Å²) in [6.45, 7) is 3.59. The van der Waals surface area contributed by atoms with E-state index in [9.17, 15) is 9.18 Å². The first-order chi connectivity index (χ1) is 8.85. The summed E-state index contributed by atoms with van der Waals surface area (Å²) in [4.78, 5) is 12.2. The van der Waals surface area contributed by atoms with Crippen molar-refractivity contribution in [1.82, 2.24) is 4.57 Å². The zero-order chi connectivity index (χ0) is 13.9. The van der Waals surface area contributed by atoms with Gasteiger partial charge in [0.1, 0.15) is 5.82 Å². The maximum atomic E-state index is 14.3. The summed E-state index contributed by atoms with van der Waals surface area (Å²) in [6.07, 6.45) is 3.39. The summed E-state index contributed by atoms with van der Waals surface area (Å²) in [5.74, 6) is -0.354. The van der Waals surface area contributed by atoms with E-state index < -0.39 is 5.54 Å². The van der Waals surface area contributed by atoms with Crippen LogP contribution in [0, 0.1) is 19.7 Å². The van der Waals surface area contributed by atoms with E-state index in [1.54, 1.807) is 13.1 Å². The molecule has 0 aliphatic heterocycles. The molecule has 0 unspecified atom stereocenters. The summed E-state index contributed by atoms with van der Waals surface area (Å²) in [5.41, 5.74) is 8.26. The minimum atomic E-state index is -0.538. The number of halogens is 1. The molecule has 1 aliphatic carbocycles. The van der Waals surface area contributed by atoms with Gasteiger partial charge in [0.15, 0.2) is 5.43 Å². The minimum Gasteiger partial charge on any atom is -0.350 e. The van der Waals surface area contributed by atoms with Crippen molar-refractivity contribution in [2.24, 2.45) is 12.8 Å². The van der Waals surface area contributed by atoms with Gasteiger partial charge in [-0.2, -0.15) is 0 Å². The van der Waals surface area contributed by atoms with Gasteiger partial charge in [-0.05, 0) is 38.3 Å². The van der Waals surface area contributed by atoms with E-state index >= 15 is 0 Å². The second-order valence-corrected chi connectivity index (χ2v) is 5.66. The maximum absolute atomic E-state index is 14.3. The number of fused-ring (bicyclic) bond motifs is 1. The number of hydrogen-bond donors (Lipinski definition) is 1. The molecule has 0 bridgehead atoms. The highest BCUT2D eigenvalue weighted by atomic mass is 19.1. The van der Waals surface area contributed by atoms with Crippen LogP contribution in [0.15, 0.2) is 17.1 Å². The molecule has 3 rings (SSSR count). The Morgan fingerprint density at radius 2 is 2.00 bits per heavy atom. The molecule has 1 aromatic heterocycles. The molecule has 4 heteroatoms. The number of aryl methyl sites for hydroxylation is 3. The lowest BCUT2D eigenvalue weighted by atomic mass is 9.95. The molecule has 1 saturated carbocycles. The number of nitrogens with two attached hydrogens (primary N) is 1. The molecule has 2 N–H and O–H groups in total. The molecule has 1 fully saturated rings. The molecule has 0 atom stereocenters. The first-order valence-corrected chi connectivity index (χ1v) is 6.43. The predicted molar refractivity (Wildman–Crippen MR) is 73.7 cm³/mol. The first kappa shape index (κ1) is 12.4. The Morgan fingerprint density at radius 3 is 2.58 bits per heavy atom. The van der Waals surface area contributed by atoms with Gasteiger partial charge in [-0.25, -0.2) is 4.39 Å². The van der Waals surface area contributed by atoms with Crippen LogP contribution in [0.4, 0.5) is 4.39 Å². The fraction of sp³-hybridized carbons (Fsp3) is 0.400. The Balaban J connectivity index is 2.50. The van der Waals surface area contributed by atoms with Crippen LogP contribution in [0.3, 0.4) is 0 Å². The van der Waals surface area contributed by atoms with Gasteiger partial charge >= 0.3 is 0 Å². The smallest absolute Gasteiger partial charge is 0.192 e. The van der Waals surface area contributed by atoms with Crippen LogP contribution >= 0.6 is 0 Å². The summed E-state index contributed by atoms with van der Waals surface area (Å²) >= 11 is 0. The Hall–Kier alpha value is -1.68. The van der Waals surface area contributed by atoms with E-state index in [-0.39, 0.29) is 11.2 Å². The van der Waals surface area contributed by atoms with E-state index in [1.807, 2.05) is 18.5 Å². The van der Waals surface area contributed by atoms with Crippen LogP contribution in [0.1, 0.15) is 29.5 Å². The molecule has 1 aromatic carbocycles. The van der Waals surface area contributed by atoms with Crippen molar-refractivity contribution in [3.05, 3.63) is 45.0 Å². The zero-order valence-corrected chi connectivity index (χ0v) is 11.4. The topological polar surface area (TPSA) is 48.0 Å². The molecule has 0 spiro atoms. The standard InChI is InChI=1S/C15H17FN2O/c1-8-7-18(3)13-9(2)12(15(17)4-5-15)11(16)6-10(13)14(8)19/h6-7H,4-5,17H2,1-3H3. The second kappa shape index (κ2) is 3.67. The minimum absolute atomic E-state index is 0.108. The van der Waals surface area contributed by atoms with E-state index in [2.05, 4.69) is 0 Å². The molecule has 1 aliphatic rings. The van der Waals surface area contributed by atoms with Crippen molar-refractivity contribution in [3.8, 4) is 0 Å². The number of pyridine rings is 1. The molecule has 0 amide bonds. The van der Waals surface area contributed by atoms with Gasteiger partial charge in [0, 0.05) is 35.3 Å². The highest BCUT2D eigenvalue weighted by Crippen LogP contribution is 2.46. The average Bonchev–Trinajstić information content (AvgIpc) is 3.04. The SMILES string of the molecule is Cc1cn(C)c2c(C)c(C3(N)CC3)c(F)cc2c1=O. The van der Waals surface area contributed by atoms with Gasteiger partial charge in [-0.3, -0.25) is 4.79 Å². The zero-order valence-electron chi connectivity index (χ0n) is 11.4. The summed E-state index contributed by atoms with van der Waals surface area (Å²) < 4.78 is 16.2. The lowest BCUT2D eigenvalue weighted by Crippen LogP contribution is -2.23. The Bertz CT molecular complexity index is 757. The fourth-order valence-corrected chi connectivity index (χ4v) is 3.02. The Kier molecular flexibility index (Phi) is 2.39. The summed E-state index contributed by atoms with van der Waals surface area (Å²) in [6, 6.07) is 1.35. The van der Waals surface area contributed by atoms with Gasteiger partial charge < -0.3 is 10.3 Å².